The van der Waals surface area contributed by atoms with Gasteiger partial charge >= 0.3 is 0 Å². The first-order valence-electron chi connectivity index (χ1n) is 12.5. The highest BCUT2D eigenvalue weighted by Gasteiger charge is 2.32. The number of nitrogens with zero attached hydrogens (tertiary/aromatic N) is 7. The second-order valence-electron chi connectivity index (χ2n) is 10.1. The first-order chi connectivity index (χ1) is 18.7. The van der Waals surface area contributed by atoms with Gasteiger partial charge in [-0.3, -0.25) is 14.4 Å². The highest BCUT2D eigenvalue weighted by Crippen LogP contribution is 2.27. The molecule has 0 radical (unpaired) electrons. The van der Waals surface area contributed by atoms with Crippen LogP contribution in [-0.2, 0) is 11.3 Å². The summed E-state index contributed by atoms with van der Waals surface area (Å²) in [5.74, 6) is 1.24. The van der Waals surface area contributed by atoms with E-state index >= 15 is 0 Å². The molecular formula is C27H32N8O4. The summed E-state index contributed by atoms with van der Waals surface area (Å²) in [6, 6.07) is 8.07. The summed E-state index contributed by atoms with van der Waals surface area (Å²) < 4.78 is 19.8. The molecule has 4 aromatic rings. The number of anilines is 1. The molecule has 1 atom stereocenters. The molecule has 0 saturated carbocycles. The van der Waals surface area contributed by atoms with Crippen LogP contribution in [0.1, 0.15) is 13.8 Å². The molecule has 3 aromatic heterocycles. The Morgan fingerprint density at radius 3 is 2.54 bits per heavy atom. The summed E-state index contributed by atoms with van der Waals surface area (Å²) in [4.78, 5) is 24.1. The zero-order chi connectivity index (χ0) is 27.7. The summed E-state index contributed by atoms with van der Waals surface area (Å²) in [5.41, 5.74) is 8.44. The zero-order valence-corrected chi connectivity index (χ0v) is 22.7. The van der Waals surface area contributed by atoms with Crippen molar-refractivity contribution in [3.05, 3.63) is 59.3 Å². The Bertz CT molecular complexity index is 1520. The van der Waals surface area contributed by atoms with Crippen LogP contribution >= 0.6 is 0 Å². The van der Waals surface area contributed by atoms with Gasteiger partial charge in [-0.25, -0.2) is 9.97 Å². The molecule has 204 valence electrons. The van der Waals surface area contributed by atoms with E-state index in [0.29, 0.717) is 47.4 Å². The first-order valence-corrected chi connectivity index (χ1v) is 12.5. The van der Waals surface area contributed by atoms with Crippen LogP contribution in [0.15, 0.2) is 53.7 Å². The van der Waals surface area contributed by atoms with Gasteiger partial charge in [0, 0.05) is 48.1 Å². The van der Waals surface area contributed by atoms with Crippen molar-refractivity contribution in [2.75, 3.05) is 40.2 Å². The van der Waals surface area contributed by atoms with E-state index in [2.05, 4.69) is 41.0 Å². The van der Waals surface area contributed by atoms with Gasteiger partial charge in [0.25, 0.3) is 5.56 Å². The second-order valence-corrected chi connectivity index (χ2v) is 10.1. The average molecular weight is 533 g/mol. The quantitative estimate of drug-likeness (QED) is 0.377. The normalized spacial score (nSPS) is 17.2. The minimum Gasteiger partial charge on any atom is -0.497 e. The third kappa shape index (κ3) is 5.47. The maximum atomic E-state index is 12.7. The van der Waals surface area contributed by atoms with E-state index in [1.807, 2.05) is 10.9 Å². The Kier molecular flexibility index (Phi) is 7.06. The molecule has 5 rings (SSSR count). The third-order valence-electron chi connectivity index (χ3n) is 6.93. The molecule has 0 bridgehead atoms. The van der Waals surface area contributed by atoms with Crippen LogP contribution in [0.3, 0.4) is 0 Å². The van der Waals surface area contributed by atoms with Crippen LogP contribution in [0.2, 0.25) is 0 Å². The predicted octanol–water partition coefficient (Wildman–Crippen LogP) is 2.26. The van der Waals surface area contributed by atoms with Crippen molar-refractivity contribution in [3.8, 4) is 39.8 Å². The molecule has 1 fully saturated rings. The van der Waals surface area contributed by atoms with Gasteiger partial charge in [0.05, 0.1) is 57.3 Å². The van der Waals surface area contributed by atoms with Gasteiger partial charge in [0.2, 0.25) is 0 Å². The average Bonchev–Trinajstić information content (AvgIpc) is 3.39. The van der Waals surface area contributed by atoms with Crippen molar-refractivity contribution < 1.29 is 14.2 Å². The Morgan fingerprint density at radius 2 is 1.85 bits per heavy atom. The van der Waals surface area contributed by atoms with Crippen molar-refractivity contribution >= 4 is 5.82 Å². The van der Waals surface area contributed by atoms with E-state index in [4.69, 9.17) is 24.9 Å². The number of hydrogen-bond acceptors (Lipinski definition) is 10. The standard InChI is InChI=1S/C27H32N8O4/c1-27(2)16-39-21(14-33(27)3)15-34-13-17(11-30-34)23-12-29-26(28)25(31-23)22-6-7-24(36)35(32-22)18-8-19(37-4)10-20(9-18)38-5/h6-13,21H,14-16H2,1-5H3,(H2,28,29). The lowest BCUT2D eigenvalue weighted by molar-refractivity contribution is -0.0940. The maximum absolute atomic E-state index is 12.7. The molecule has 12 nitrogen and oxygen atoms in total. The fourth-order valence-corrected chi connectivity index (χ4v) is 4.32. The highest BCUT2D eigenvalue weighted by atomic mass is 16.5. The Balaban J connectivity index is 1.43. The van der Waals surface area contributed by atoms with Gasteiger partial charge in [0.1, 0.15) is 22.9 Å². The topological polar surface area (TPSA) is 135 Å². The molecule has 4 heterocycles. The molecule has 0 aliphatic carbocycles. The Labute approximate surface area is 226 Å². The van der Waals surface area contributed by atoms with Crippen LogP contribution in [-0.4, -0.2) is 80.5 Å². The van der Waals surface area contributed by atoms with Gasteiger partial charge in [-0.2, -0.15) is 14.9 Å². The van der Waals surface area contributed by atoms with E-state index in [0.717, 1.165) is 12.1 Å². The fourth-order valence-electron chi connectivity index (χ4n) is 4.32. The lowest BCUT2D eigenvalue weighted by atomic mass is 10.0. The number of likely N-dealkylation sites (N-methyl/N-ethyl adjacent to an activating group) is 1. The lowest BCUT2D eigenvalue weighted by Gasteiger charge is -2.43. The molecule has 1 unspecified atom stereocenters. The molecule has 1 aromatic carbocycles. The molecular weight excluding hydrogens is 500 g/mol. The maximum Gasteiger partial charge on any atom is 0.271 e. The summed E-state index contributed by atoms with van der Waals surface area (Å²) in [7, 11) is 5.18. The monoisotopic (exact) mass is 532 g/mol. The number of nitrogen functional groups attached to an aromatic ring is 1. The SMILES string of the molecule is COc1cc(OC)cc(-n2nc(-c3nc(-c4cnn(CC5CN(C)C(C)(C)CO5)c4)cnc3N)ccc2=O)c1. The van der Waals surface area contributed by atoms with Crippen molar-refractivity contribution in [3.63, 3.8) is 0 Å². The van der Waals surface area contributed by atoms with Gasteiger partial charge in [0.15, 0.2) is 5.82 Å². The van der Waals surface area contributed by atoms with Crippen LogP contribution in [0.25, 0.3) is 28.3 Å². The van der Waals surface area contributed by atoms with Crippen LogP contribution in [0, 0.1) is 0 Å². The molecule has 12 heteroatoms. The van der Waals surface area contributed by atoms with E-state index in [9.17, 15) is 4.79 Å². The zero-order valence-electron chi connectivity index (χ0n) is 22.7. The molecule has 39 heavy (non-hydrogen) atoms. The van der Waals surface area contributed by atoms with E-state index < -0.39 is 0 Å². The summed E-state index contributed by atoms with van der Waals surface area (Å²) >= 11 is 0. The van der Waals surface area contributed by atoms with Crippen molar-refractivity contribution in [1.29, 1.82) is 0 Å². The second kappa shape index (κ2) is 10.5. The van der Waals surface area contributed by atoms with Crippen LogP contribution in [0.5, 0.6) is 11.5 Å². The van der Waals surface area contributed by atoms with Crippen molar-refractivity contribution in [2.24, 2.45) is 0 Å². The number of aromatic nitrogens is 6. The molecule has 1 aliphatic heterocycles. The molecule has 0 spiro atoms. The van der Waals surface area contributed by atoms with E-state index in [1.165, 1.54) is 25.0 Å². The fraction of sp³-hybridized carbons (Fsp3) is 0.370. The summed E-state index contributed by atoms with van der Waals surface area (Å²) in [5, 5.41) is 9.03. The number of benzene rings is 1. The minimum absolute atomic E-state index is 0.0108. The number of hydrogen-bond donors (Lipinski definition) is 1. The molecule has 2 N–H and O–H groups in total. The van der Waals surface area contributed by atoms with Gasteiger partial charge in [-0.15, -0.1) is 0 Å². The molecule has 0 amide bonds. The number of rotatable bonds is 7. The van der Waals surface area contributed by atoms with Crippen molar-refractivity contribution in [2.45, 2.75) is 32.0 Å². The van der Waals surface area contributed by atoms with E-state index in [1.54, 1.807) is 36.7 Å². The van der Waals surface area contributed by atoms with Crippen LogP contribution in [0.4, 0.5) is 5.82 Å². The number of methoxy groups -OCH3 is 2. The number of ether oxygens (including phenoxy) is 3. The summed E-state index contributed by atoms with van der Waals surface area (Å²) in [6.07, 6.45) is 5.27. The van der Waals surface area contributed by atoms with Crippen LogP contribution < -0.4 is 20.8 Å². The van der Waals surface area contributed by atoms with Gasteiger partial charge < -0.3 is 19.9 Å². The first kappa shape index (κ1) is 26.3. The third-order valence-corrected chi connectivity index (χ3v) is 6.93. The highest BCUT2D eigenvalue weighted by molar-refractivity contribution is 5.70. The number of morpholine rings is 1. The Morgan fingerprint density at radius 1 is 1.10 bits per heavy atom. The van der Waals surface area contributed by atoms with Gasteiger partial charge in [-0.05, 0) is 27.0 Å². The lowest BCUT2D eigenvalue weighted by Crippen LogP contribution is -2.54. The largest absolute Gasteiger partial charge is 0.497 e. The van der Waals surface area contributed by atoms with Crippen molar-refractivity contribution in [1.82, 2.24) is 34.4 Å². The molecule has 1 aliphatic rings. The van der Waals surface area contributed by atoms with E-state index in [-0.39, 0.29) is 23.0 Å². The number of nitrogens with two attached hydrogens (primary N) is 1. The minimum atomic E-state index is -0.336. The molecule has 1 saturated heterocycles. The smallest absolute Gasteiger partial charge is 0.271 e. The summed E-state index contributed by atoms with van der Waals surface area (Å²) in [6.45, 7) is 6.43. The Hall–Kier alpha value is -4.29. The van der Waals surface area contributed by atoms with Gasteiger partial charge in [-0.1, -0.05) is 0 Å². The predicted molar refractivity (Wildman–Crippen MR) is 146 cm³/mol.